The van der Waals surface area contributed by atoms with E-state index >= 15 is 0 Å². The molecule has 1 saturated carbocycles. The average molecular weight is 440 g/mol. The van der Waals surface area contributed by atoms with E-state index in [-0.39, 0.29) is 11.7 Å². The van der Waals surface area contributed by atoms with E-state index in [0.717, 1.165) is 24.8 Å². The van der Waals surface area contributed by atoms with Gasteiger partial charge >= 0.3 is 5.97 Å². The number of nitrogens with zero attached hydrogens (tertiary/aromatic N) is 1. The van der Waals surface area contributed by atoms with Gasteiger partial charge in [0.2, 0.25) is 0 Å². The fourth-order valence-corrected chi connectivity index (χ4v) is 5.01. The van der Waals surface area contributed by atoms with E-state index < -0.39 is 22.2 Å². The van der Waals surface area contributed by atoms with Crippen LogP contribution in [-0.4, -0.2) is 27.7 Å². The van der Waals surface area contributed by atoms with Crippen LogP contribution in [0.3, 0.4) is 0 Å². The van der Waals surface area contributed by atoms with Crippen molar-refractivity contribution in [2.24, 2.45) is 0 Å². The van der Waals surface area contributed by atoms with Crippen LogP contribution in [0.2, 0.25) is 0 Å². The molecule has 1 fully saturated rings. The molecule has 0 aromatic heterocycles. The van der Waals surface area contributed by atoms with Crippen LogP contribution >= 0.6 is 11.8 Å². The summed E-state index contributed by atoms with van der Waals surface area (Å²) in [5.41, 5.74) is 1.98. The summed E-state index contributed by atoms with van der Waals surface area (Å²) < 4.78 is 44.8. The number of alkyl halides is 1. The number of halogens is 2. The van der Waals surface area contributed by atoms with Gasteiger partial charge in [0.25, 0.3) is 10.0 Å². The second kappa shape index (κ2) is 9.13. The van der Waals surface area contributed by atoms with E-state index in [1.807, 2.05) is 0 Å². The monoisotopic (exact) mass is 439 g/mol. The van der Waals surface area contributed by atoms with Crippen LogP contribution in [0.1, 0.15) is 53.1 Å². The first kappa shape index (κ1) is 21.6. The Balaban J connectivity index is 1.71. The maximum atomic E-state index is 14.2. The van der Waals surface area contributed by atoms with E-state index in [9.17, 15) is 17.6 Å². The smallest absolute Gasteiger partial charge is 0.337 e. The van der Waals surface area contributed by atoms with Crippen LogP contribution < -0.4 is 3.82 Å². The van der Waals surface area contributed by atoms with Crippen LogP contribution in [-0.2, 0) is 20.5 Å². The van der Waals surface area contributed by atoms with Crippen molar-refractivity contribution in [1.29, 1.82) is 0 Å². The second-order valence-electron chi connectivity index (χ2n) is 7.16. The Hall–Kier alpha value is -2.12. The van der Waals surface area contributed by atoms with E-state index in [1.165, 1.54) is 19.2 Å². The molecule has 29 heavy (non-hydrogen) atoms. The topological polar surface area (TPSA) is 63.7 Å². The molecule has 0 bridgehead atoms. The van der Waals surface area contributed by atoms with Gasteiger partial charge in [-0.25, -0.2) is 17.6 Å². The van der Waals surface area contributed by atoms with Crippen molar-refractivity contribution in [3.63, 3.8) is 0 Å². The Morgan fingerprint density at radius 3 is 2.31 bits per heavy atom. The molecule has 0 heterocycles. The highest BCUT2D eigenvalue weighted by atomic mass is 35.5. The summed E-state index contributed by atoms with van der Waals surface area (Å²) in [6.45, 7) is 0. The minimum Gasteiger partial charge on any atom is -0.465 e. The van der Waals surface area contributed by atoms with Gasteiger partial charge in [-0.05, 0) is 48.2 Å². The number of methoxy groups -OCH3 is 1. The summed E-state index contributed by atoms with van der Waals surface area (Å²) >= 11 is 6.12. The molecule has 0 amide bonds. The predicted molar refractivity (Wildman–Crippen MR) is 111 cm³/mol. The molecule has 5 nitrogen and oxygen atoms in total. The Kier molecular flexibility index (Phi) is 6.80. The zero-order valence-electron chi connectivity index (χ0n) is 16.1. The molecule has 2 unspecified atom stereocenters. The second-order valence-corrected chi connectivity index (χ2v) is 9.51. The lowest BCUT2D eigenvalue weighted by atomic mass is 9.82. The Morgan fingerprint density at radius 2 is 1.72 bits per heavy atom. The molecule has 2 atom stereocenters. The largest absolute Gasteiger partial charge is 0.465 e. The highest BCUT2D eigenvalue weighted by Crippen LogP contribution is 2.36. The third kappa shape index (κ3) is 5.08. The number of carbonyl (C=O) groups excluding carboxylic acids is 1. The van der Waals surface area contributed by atoms with Crippen molar-refractivity contribution in [3.05, 3.63) is 65.2 Å². The van der Waals surface area contributed by atoms with E-state index in [1.54, 1.807) is 36.4 Å². The Bertz CT molecular complexity index is 948. The fraction of sp³-hybridized carbons (Fsp3) is 0.381. The lowest BCUT2D eigenvalue weighted by Gasteiger charge is -2.26. The molecular formula is C21H23ClFNO4S. The van der Waals surface area contributed by atoms with Crippen LogP contribution in [0, 0.1) is 0 Å². The maximum Gasteiger partial charge on any atom is 0.337 e. The van der Waals surface area contributed by atoms with Gasteiger partial charge < -0.3 is 4.74 Å². The summed E-state index contributed by atoms with van der Waals surface area (Å²) in [6, 6.07) is 12.8. The number of ether oxygens (including phenoxy) is 1. The van der Waals surface area contributed by atoms with Gasteiger partial charge in [0.15, 0.2) is 0 Å². The average Bonchev–Trinajstić information content (AvgIpc) is 2.73. The van der Waals surface area contributed by atoms with E-state index in [0.29, 0.717) is 27.1 Å². The van der Waals surface area contributed by atoms with Crippen LogP contribution in [0.5, 0.6) is 0 Å². The lowest BCUT2D eigenvalue weighted by Crippen LogP contribution is -2.23. The van der Waals surface area contributed by atoms with Crippen LogP contribution in [0.15, 0.2) is 48.5 Å². The van der Waals surface area contributed by atoms with Crippen molar-refractivity contribution >= 4 is 33.5 Å². The molecule has 0 radical (unpaired) electrons. The summed E-state index contributed by atoms with van der Waals surface area (Å²) in [7, 11) is -2.57. The van der Waals surface area contributed by atoms with E-state index in [4.69, 9.17) is 11.8 Å². The fourth-order valence-electron chi connectivity index (χ4n) is 3.58. The molecule has 0 aliphatic heterocycles. The SMILES string of the molecule is COC(=O)c1ccc(CS(=O)(=O)N(Cl)c2ccc(C3CCCCC3F)cc2)cc1. The van der Waals surface area contributed by atoms with Crippen LogP contribution in [0.4, 0.5) is 10.1 Å². The lowest BCUT2D eigenvalue weighted by molar-refractivity contribution is 0.0600. The number of rotatable bonds is 6. The zero-order valence-corrected chi connectivity index (χ0v) is 17.6. The molecule has 1 aliphatic rings. The quantitative estimate of drug-likeness (QED) is 0.471. The number of anilines is 1. The molecular weight excluding hydrogens is 417 g/mol. The molecule has 0 N–H and O–H groups in total. The van der Waals surface area contributed by atoms with Crippen molar-refractivity contribution in [1.82, 2.24) is 0 Å². The number of hydrogen-bond donors (Lipinski definition) is 0. The first-order valence-corrected chi connectivity index (χ1v) is 11.4. The number of hydrogen-bond acceptors (Lipinski definition) is 4. The van der Waals surface area contributed by atoms with Gasteiger partial charge in [-0.2, -0.15) is 3.82 Å². The van der Waals surface area contributed by atoms with Gasteiger partial charge in [0.05, 0.1) is 24.1 Å². The molecule has 0 saturated heterocycles. The highest BCUT2D eigenvalue weighted by molar-refractivity contribution is 7.93. The predicted octanol–water partition coefficient (Wildman–Crippen LogP) is 4.96. The van der Waals surface area contributed by atoms with Gasteiger partial charge in [-0.3, -0.25) is 0 Å². The number of carbonyl (C=O) groups is 1. The molecule has 3 rings (SSSR count). The van der Waals surface area contributed by atoms with Gasteiger partial charge in [0.1, 0.15) is 6.17 Å². The van der Waals surface area contributed by atoms with Gasteiger partial charge in [-0.15, -0.1) is 0 Å². The van der Waals surface area contributed by atoms with Crippen LogP contribution in [0.25, 0.3) is 0 Å². The molecule has 2 aromatic carbocycles. The third-order valence-corrected chi connectivity index (χ3v) is 7.40. The van der Waals surface area contributed by atoms with E-state index in [2.05, 4.69) is 4.74 Å². The molecule has 8 heteroatoms. The van der Waals surface area contributed by atoms with Crippen molar-refractivity contribution in [2.45, 2.75) is 43.5 Å². The molecule has 0 spiro atoms. The Labute approximate surface area is 175 Å². The maximum absolute atomic E-state index is 14.2. The standard InChI is InChI=1S/C21H23ClFNO4S/c1-28-21(25)17-8-6-15(7-9-17)14-29(26,27)24(22)18-12-10-16(11-13-18)19-4-2-3-5-20(19)23/h6-13,19-20H,2-5,14H2,1H3. The van der Waals surface area contributed by atoms with Crippen molar-refractivity contribution < 1.29 is 22.3 Å². The molecule has 1 aliphatic carbocycles. The normalized spacial score (nSPS) is 19.6. The molecule has 156 valence electrons. The minimum atomic E-state index is -3.85. The first-order valence-electron chi connectivity index (χ1n) is 9.42. The minimum absolute atomic E-state index is 0.147. The first-order chi connectivity index (χ1) is 13.8. The highest BCUT2D eigenvalue weighted by Gasteiger charge is 2.27. The Morgan fingerprint density at radius 1 is 1.10 bits per heavy atom. The molecule has 2 aromatic rings. The van der Waals surface area contributed by atoms with Crippen molar-refractivity contribution in [3.8, 4) is 0 Å². The summed E-state index contributed by atoms with van der Waals surface area (Å²) in [5.74, 6) is -0.965. The number of esters is 1. The third-order valence-electron chi connectivity index (χ3n) is 5.17. The number of benzene rings is 2. The van der Waals surface area contributed by atoms with Gasteiger partial charge in [-0.1, -0.05) is 37.1 Å². The van der Waals surface area contributed by atoms with Gasteiger partial charge in [0, 0.05) is 17.7 Å². The summed E-state index contributed by atoms with van der Waals surface area (Å²) in [6.07, 6.45) is 2.41. The number of sulfonamides is 1. The zero-order chi connectivity index (χ0) is 21.0. The summed E-state index contributed by atoms with van der Waals surface area (Å²) in [4.78, 5) is 11.5. The van der Waals surface area contributed by atoms with Crippen molar-refractivity contribution in [2.75, 3.05) is 10.9 Å². The summed E-state index contributed by atoms with van der Waals surface area (Å²) in [5, 5.41) is 0.